The Labute approximate surface area is 124 Å². The summed E-state index contributed by atoms with van der Waals surface area (Å²) < 4.78 is 5.25. The molecule has 2 heterocycles. The Balaban J connectivity index is 1.64. The van der Waals surface area contributed by atoms with Gasteiger partial charge in [-0.15, -0.1) is 0 Å². The van der Waals surface area contributed by atoms with Crippen molar-refractivity contribution in [2.75, 3.05) is 13.1 Å². The van der Waals surface area contributed by atoms with Crippen molar-refractivity contribution < 1.29 is 9.32 Å². The Morgan fingerprint density at radius 3 is 2.90 bits per heavy atom. The number of benzene rings is 1. The molecule has 1 saturated heterocycles. The van der Waals surface area contributed by atoms with Gasteiger partial charge in [0.2, 0.25) is 11.8 Å². The zero-order chi connectivity index (χ0) is 14.7. The summed E-state index contributed by atoms with van der Waals surface area (Å²) in [6.45, 7) is 3.30. The summed E-state index contributed by atoms with van der Waals surface area (Å²) in [4.78, 5) is 18.6. The third kappa shape index (κ3) is 3.29. The minimum Gasteiger partial charge on any atom is -0.342 e. The number of nitrogens with zero attached hydrogens (tertiary/aromatic N) is 3. The fourth-order valence-corrected chi connectivity index (χ4v) is 2.77. The number of aromatic nitrogens is 2. The van der Waals surface area contributed by atoms with Gasteiger partial charge in [0.15, 0.2) is 5.82 Å². The van der Waals surface area contributed by atoms with Gasteiger partial charge < -0.3 is 9.42 Å². The molecule has 3 rings (SSSR count). The second-order valence-electron chi connectivity index (χ2n) is 5.52. The molecule has 1 aliphatic rings. The average Bonchev–Trinajstić information content (AvgIpc) is 2.95. The largest absolute Gasteiger partial charge is 0.342 e. The van der Waals surface area contributed by atoms with E-state index in [-0.39, 0.29) is 11.8 Å². The maximum absolute atomic E-state index is 12.4. The van der Waals surface area contributed by atoms with Gasteiger partial charge in [-0.1, -0.05) is 35.5 Å². The highest BCUT2D eigenvalue weighted by molar-refractivity contribution is 5.78. The van der Waals surface area contributed by atoms with Crippen LogP contribution in [0, 0.1) is 6.92 Å². The SMILES string of the molecule is Cc1noc(C2CCCN(C(=O)Cc3ccccc3)C2)n1. The minimum atomic E-state index is 0.166. The Morgan fingerprint density at radius 2 is 2.19 bits per heavy atom. The summed E-state index contributed by atoms with van der Waals surface area (Å²) in [5, 5.41) is 3.84. The molecule has 2 aromatic rings. The molecule has 0 saturated carbocycles. The van der Waals surface area contributed by atoms with Crippen molar-refractivity contribution in [2.24, 2.45) is 0 Å². The van der Waals surface area contributed by atoms with Gasteiger partial charge in [-0.05, 0) is 25.3 Å². The van der Waals surface area contributed by atoms with Crippen molar-refractivity contribution >= 4 is 5.91 Å². The van der Waals surface area contributed by atoms with E-state index in [1.54, 1.807) is 0 Å². The molecule has 1 amide bonds. The zero-order valence-electron chi connectivity index (χ0n) is 12.2. The summed E-state index contributed by atoms with van der Waals surface area (Å²) in [6, 6.07) is 9.86. The van der Waals surface area contributed by atoms with Gasteiger partial charge in [0, 0.05) is 13.1 Å². The molecule has 0 bridgehead atoms. The summed E-state index contributed by atoms with van der Waals surface area (Å²) >= 11 is 0. The van der Waals surface area contributed by atoms with E-state index < -0.39 is 0 Å². The molecule has 0 aliphatic carbocycles. The van der Waals surface area contributed by atoms with E-state index in [2.05, 4.69) is 10.1 Å². The first-order chi connectivity index (χ1) is 10.2. The zero-order valence-corrected chi connectivity index (χ0v) is 12.2. The van der Waals surface area contributed by atoms with Crippen molar-refractivity contribution in [1.82, 2.24) is 15.0 Å². The normalized spacial score (nSPS) is 18.7. The fraction of sp³-hybridized carbons (Fsp3) is 0.438. The quantitative estimate of drug-likeness (QED) is 0.868. The number of likely N-dealkylation sites (tertiary alicyclic amines) is 1. The van der Waals surface area contributed by atoms with E-state index in [1.807, 2.05) is 42.2 Å². The van der Waals surface area contributed by atoms with Crippen LogP contribution in [0.4, 0.5) is 0 Å². The molecule has 0 spiro atoms. The summed E-state index contributed by atoms with van der Waals surface area (Å²) in [5.74, 6) is 1.64. The maximum atomic E-state index is 12.4. The predicted molar refractivity (Wildman–Crippen MR) is 77.7 cm³/mol. The number of piperidine rings is 1. The number of carbonyl (C=O) groups is 1. The lowest BCUT2D eigenvalue weighted by molar-refractivity contribution is -0.131. The molecule has 5 nitrogen and oxygen atoms in total. The third-order valence-electron chi connectivity index (χ3n) is 3.86. The van der Waals surface area contributed by atoms with Crippen LogP contribution < -0.4 is 0 Å². The molecule has 0 N–H and O–H groups in total. The van der Waals surface area contributed by atoms with Gasteiger partial charge >= 0.3 is 0 Å². The van der Waals surface area contributed by atoms with Crippen LogP contribution in [0.1, 0.15) is 36.0 Å². The molecule has 5 heteroatoms. The molecule has 110 valence electrons. The molecule has 0 radical (unpaired) electrons. The van der Waals surface area contributed by atoms with Gasteiger partial charge in [0.1, 0.15) is 0 Å². The minimum absolute atomic E-state index is 0.166. The monoisotopic (exact) mass is 285 g/mol. The topological polar surface area (TPSA) is 59.2 Å². The van der Waals surface area contributed by atoms with E-state index in [4.69, 9.17) is 4.52 Å². The number of carbonyl (C=O) groups excluding carboxylic acids is 1. The first-order valence-corrected chi connectivity index (χ1v) is 7.34. The molecular formula is C16H19N3O2. The van der Waals surface area contributed by atoms with Crippen LogP contribution >= 0.6 is 0 Å². The molecular weight excluding hydrogens is 266 g/mol. The van der Waals surface area contributed by atoms with Gasteiger partial charge in [-0.3, -0.25) is 4.79 Å². The van der Waals surface area contributed by atoms with Crippen molar-refractivity contribution in [1.29, 1.82) is 0 Å². The smallest absolute Gasteiger partial charge is 0.231 e. The number of aryl methyl sites for hydroxylation is 1. The maximum Gasteiger partial charge on any atom is 0.231 e. The number of hydrogen-bond acceptors (Lipinski definition) is 4. The highest BCUT2D eigenvalue weighted by atomic mass is 16.5. The summed E-state index contributed by atoms with van der Waals surface area (Å²) in [7, 11) is 0. The Hall–Kier alpha value is -2.17. The van der Waals surface area contributed by atoms with Gasteiger partial charge in [0.05, 0.1) is 12.3 Å². The molecule has 1 fully saturated rings. The lowest BCUT2D eigenvalue weighted by atomic mass is 9.97. The van der Waals surface area contributed by atoms with E-state index >= 15 is 0 Å². The van der Waals surface area contributed by atoms with Crippen LogP contribution in [0.25, 0.3) is 0 Å². The fourth-order valence-electron chi connectivity index (χ4n) is 2.77. The lowest BCUT2D eigenvalue weighted by Crippen LogP contribution is -2.40. The Kier molecular flexibility index (Phi) is 3.99. The van der Waals surface area contributed by atoms with E-state index in [0.717, 1.165) is 24.9 Å². The molecule has 1 aromatic carbocycles. The van der Waals surface area contributed by atoms with Gasteiger partial charge in [0.25, 0.3) is 0 Å². The van der Waals surface area contributed by atoms with Crippen LogP contribution in [-0.2, 0) is 11.2 Å². The van der Waals surface area contributed by atoms with E-state index in [9.17, 15) is 4.79 Å². The van der Waals surface area contributed by atoms with Gasteiger partial charge in [-0.2, -0.15) is 4.98 Å². The average molecular weight is 285 g/mol. The number of hydrogen-bond donors (Lipinski definition) is 0. The Bertz CT molecular complexity index is 609. The number of amides is 1. The highest BCUT2D eigenvalue weighted by Gasteiger charge is 2.28. The second kappa shape index (κ2) is 6.08. The van der Waals surface area contributed by atoms with Crippen molar-refractivity contribution in [2.45, 2.75) is 32.1 Å². The standard InChI is InChI=1S/C16H19N3O2/c1-12-17-16(21-18-12)14-8-5-9-19(11-14)15(20)10-13-6-3-2-4-7-13/h2-4,6-7,14H,5,8-11H2,1H3. The predicted octanol–water partition coefficient (Wildman–Crippen LogP) is 2.33. The first-order valence-electron chi connectivity index (χ1n) is 7.34. The van der Waals surface area contributed by atoms with Crippen molar-refractivity contribution in [3.05, 3.63) is 47.6 Å². The van der Waals surface area contributed by atoms with Crippen LogP contribution in [-0.4, -0.2) is 34.0 Å². The molecule has 1 unspecified atom stereocenters. The summed E-state index contributed by atoms with van der Waals surface area (Å²) in [5.41, 5.74) is 1.05. The third-order valence-corrected chi connectivity index (χ3v) is 3.86. The number of rotatable bonds is 3. The second-order valence-corrected chi connectivity index (χ2v) is 5.52. The van der Waals surface area contributed by atoms with E-state index in [1.165, 1.54) is 0 Å². The summed E-state index contributed by atoms with van der Waals surface area (Å²) in [6.07, 6.45) is 2.43. The van der Waals surface area contributed by atoms with Crippen LogP contribution in [0.5, 0.6) is 0 Å². The molecule has 1 aliphatic heterocycles. The Morgan fingerprint density at radius 1 is 1.38 bits per heavy atom. The first kappa shape index (κ1) is 13.8. The lowest BCUT2D eigenvalue weighted by Gasteiger charge is -2.31. The van der Waals surface area contributed by atoms with E-state index in [0.29, 0.717) is 24.7 Å². The molecule has 1 aromatic heterocycles. The van der Waals surface area contributed by atoms with Crippen molar-refractivity contribution in [3.63, 3.8) is 0 Å². The highest BCUT2D eigenvalue weighted by Crippen LogP contribution is 2.26. The van der Waals surface area contributed by atoms with Crippen molar-refractivity contribution in [3.8, 4) is 0 Å². The van der Waals surface area contributed by atoms with Crippen LogP contribution in [0.2, 0.25) is 0 Å². The van der Waals surface area contributed by atoms with Gasteiger partial charge in [-0.25, -0.2) is 0 Å². The van der Waals surface area contributed by atoms with Crippen LogP contribution in [0.3, 0.4) is 0 Å². The van der Waals surface area contributed by atoms with Crippen LogP contribution in [0.15, 0.2) is 34.9 Å². The molecule has 21 heavy (non-hydrogen) atoms. The molecule has 1 atom stereocenters.